The second-order valence-corrected chi connectivity index (χ2v) is 5.64. The maximum atomic E-state index is 13.4. The zero-order valence-electron chi connectivity index (χ0n) is 12.1. The van der Waals surface area contributed by atoms with Crippen LogP contribution in [-0.2, 0) is 0 Å². The van der Waals surface area contributed by atoms with E-state index in [2.05, 4.69) is 32.7 Å². The van der Waals surface area contributed by atoms with Gasteiger partial charge in [0.05, 0.1) is 0 Å². The Kier molecular flexibility index (Phi) is 4.88. The summed E-state index contributed by atoms with van der Waals surface area (Å²) in [5.41, 5.74) is 7.08. The third-order valence-electron chi connectivity index (χ3n) is 3.93. The van der Waals surface area contributed by atoms with Gasteiger partial charge >= 0.3 is 0 Å². The minimum Gasteiger partial charge on any atom is -0.326 e. The number of hydrogen-bond acceptors (Lipinski definition) is 2. The smallest absolute Gasteiger partial charge is 0.123 e. The molecule has 0 bridgehead atoms. The van der Waals surface area contributed by atoms with Gasteiger partial charge in [-0.2, -0.15) is 0 Å². The fourth-order valence-electron chi connectivity index (χ4n) is 2.20. The second kappa shape index (κ2) is 5.81. The standard InChI is InChI=1S/C15H25FN2/c1-6-15(3,4)18(5)14(11(2)17)12-8-7-9-13(16)10-12/h7-11,14H,6,17H2,1-5H3. The molecule has 3 heteroatoms. The molecule has 0 radical (unpaired) electrons. The van der Waals surface area contributed by atoms with Crippen LogP contribution < -0.4 is 5.73 Å². The van der Waals surface area contributed by atoms with Crippen molar-refractivity contribution < 1.29 is 4.39 Å². The first-order valence-electron chi connectivity index (χ1n) is 6.53. The van der Waals surface area contributed by atoms with Crippen molar-refractivity contribution in [2.75, 3.05) is 7.05 Å². The lowest BCUT2D eigenvalue weighted by atomic mass is 9.92. The summed E-state index contributed by atoms with van der Waals surface area (Å²) >= 11 is 0. The molecule has 1 aromatic rings. The fraction of sp³-hybridized carbons (Fsp3) is 0.600. The lowest BCUT2D eigenvalue weighted by Gasteiger charge is -2.42. The van der Waals surface area contributed by atoms with E-state index in [0.717, 1.165) is 12.0 Å². The third-order valence-corrected chi connectivity index (χ3v) is 3.93. The van der Waals surface area contributed by atoms with Gasteiger partial charge in [0.25, 0.3) is 0 Å². The molecule has 0 saturated carbocycles. The Labute approximate surface area is 110 Å². The molecule has 0 saturated heterocycles. The molecular weight excluding hydrogens is 227 g/mol. The van der Waals surface area contributed by atoms with Crippen LogP contribution in [0.4, 0.5) is 4.39 Å². The van der Waals surface area contributed by atoms with Crippen LogP contribution in [0.5, 0.6) is 0 Å². The molecule has 18 heavy (non-hydrogen) atoms. The molecule has 0 spiro atoms. The van der Waals surface area contributed by atoms with Gasteiger partial charge in [0.2, 0.25) is 0 Å². The van der Waals surface area contributed by atoms with Crippen molar-refractivity contribution in [2.24, 2.45) is 5.73 Å². The summed E-state index contributed by atoms with van der Waals surface area (Å²) in [6.07, 6.45) is 1.02. The van der Waals surface area contributed by atoms with Crippen molar-refractivity contribution >= 4 is 0 Å². The van der Waals surface area contributed by atoms with Crippen molar-refractivity contribution in [2.45, 2.75) is 51.7 Å². The molecule has 0 aliphatic heterocycles. The van der Waals surface area contributed by atoms with Crippen LogP contribution in [0.25, 0.3) is 0 Å². The number of hydrogen-bond donors (Lipinski definition) is 1. The van der Waals surface area contributed by atoms with Gasteiger partial charge in [-0.25, -0.2) is 4.39 Å². The summed E-state index contributed by atoms with van der Waals surface area (Å²) in [4.78, 5) is 2.24. The van der Waals surface area contributed by atoms with Crippen LogP contribution in [0.1, 0.15) is 45.7 Å². The van der Waals surface area contributed by atoms with Gasteiger partial charge in [-0.15, -0.1) is 0 Å². The summed E-state index contributed by atoms with van der Waals surface area (Å²) in [5, 5.41) is 0. The lowest BCUT2D eigenvalue weighted by Crippen LogP contribution is -2.48. The van der Waals surface area contributed by atoms with E-state index in [9.17, 15) is 4.39 Å². The van der Waals surface area contributed by atoms with Gasteiger partial charge in [0, 0.05) is 17.6 Å². The number of likely N-dealkylation sites (N-methyl/N-ethyl adjacent to an activating group) is 1. The molecule has 0 fully saturated rings. The van der Waals surface area contributed by atoms with Gasteiger partial charge in [-0.1, -0.05) is 19.1 Å². The lowest BCUT2D eigenvalue weighted by molar-refractivity contribution is 0.0846. The minimum atomic E-state index is -0.208. The van der Waals surface area contributed by atoms with Crippen molar-refractivity contribution in [3.05, 3.63) is 35.6 Å². The second-order valence-electron chi connectivity index (χ2n) is 5.64. The van der Waals surface area contributed by atoms with E-state index in [1.54, 1.807) is 12.1 Å². The third kappa shape index (κ3) is 3.30. The average molecular weight is 252 g/mol. The summed E-state index contributed by atoms with van der Waals surface area (Å²) in [6.45, 7) is 8.49. The van der Waals surface area contributed by atoms with Gasteiger partial charge < -0.3 is 5.73 Å². The predicted octanol–water partition coefficient (Wildman–Crippen LogP) is 3.33. The Hall–Kier alpha value is -0.930. The molecule has 0 aliphatic carbocycles. The molecule has 0 aliphatic rings. The average Bonchev–Trinajstić information content (AvgIpc) is 2.28. The SMILES string of the molecule is CCC(C)(C)N(C)C(c1cccc(F)c1)C(C)N. The van der Waals surface area contributed by atoms with E-state index in [-0.39, 0.29) is 23.4 Å². The highest BCUT2D eigenvalue weighted by molar-refractivity contribution is 5.22. The number of nitrogens with zero attached hydrogens (tertiary/aromatic N) is 1. The van der Waals surface area contributed by atoms with E-state index < -0.39 is 0 Å². The molecule has 2 nitrogen and oxygen atoms in total. The van der Waals surface area contributed by atoms with Crippen molar-refractivity contribution in [1.29, 1.82) is 0 Å². The molecule has 0 aromatic heterocycles. The van der Waals surface area contributed by atoms with E-state index in [0.29, 0.717) is 0 Å². The summed E-state index contributed by atoms with van der Waals surface area (Å²) in [6, 6.07) is 6.70. The Balaban J connectivity index is 3.11. The Morgan fingerprint density at radius 3 is 2.44 bits per heavy atom. The van der Waals surface area contributed by atoms with Crippen LogP contribution in [-0.4, -0.2) is 23.5 Å². The molecule has 2 atom stereocenters. The molecule has 2 N–H and O–H groups in total. The normalized spacial score (nSPS) is 15.8. The Morgan fingerprint density at radius 1 is 1.39 bits per heavy atom. The molecular formula is C15H25FN2. The molecule has 0 heterocycles. The molecule has 1 rings (SSSR count). The number of nitrogens with two attached hydrogens (primary N) is 1. The highest BCUT2D eigenvalue weighted by atomic mass is 19.1. The van der Waals surface area contributed by atoms with E-state index in [4.69, 9.17) is 5.73 Å². The van der Waals surface area contributed by atoms with E-state index >= 15 is 0 Å². The molecule has 102 valence electrons. The summed E-state index contributed by atoms with van der Waals surface area (Å²) in [7, 11) is 2.06. The highest BCUT2D eigenvalue weighted by Crippen LogP contribution is 2.30. The van der Waals surface area contributed by atoms with Gasteiger partial charge in [-0.3, -0.25) is 4.90 Å². The molecule has 2 unspecified atom stereocenters. The predicted molar refractivity (Wildman–Crippen MR) is 74.9 cm³/mol. The van der Waals surface area contributed by atoms with Crippen LogP contribution in [0, 0.1) is 5.82 Å². The monoisotopic (exact) mass is 252 g/mol. The summed E-state index contributed by atoms with van der Waals surface area (Å²) in [5.74, 6) is -0.208. The maximum absolute atomic E-state index is 13.4. The first-order chi connectivity index (χ1) is 8.29. The van der Waals surface area contributed by atoms with Crippen LogP contribution >= 0.6 is 0 Å². The fourth-order valence-corrected chi connectivity index (χ4v) is 2.20. The largest absolute Gasteiger partial charge is 0.326 e. The molecule has 0 amide bonds. The van der Waals surface area contributed by atoms with Gasteiger partial charge in [0.1, 0.15) is 5.82 Å². The van der Waals surface area contributed by atoms with Crippen molar-refractivity contribution in [1.82, 2.24) is 4.90 Å². The Morgan fingerprint density at radius 2 is 2.00 bits per heavy atom. The van der Waals surface area contributed by atoms with Gasteiger partial charge in [-0.05, 0) is 51.9 Å². The number of benzene rings is 1. The van der Waals surface area contributed by atoms with Gasteiger partial charge in [0.15, 0.2) is 0 Å². The van der Waals surface area contributed by atoms with Crippen molar-refractivity contribution in [3.63, 3.8) is 0 Å². The van der Waals surface area contributed by atoms with E-state index in [1.165, 1.54) is 6.07 Å². The quantitative estimate of drug-likeness (QED) is 0.871. The van der Waals surface area contributed by atoms with Crippen molar-refractivity contribution in [3.8, 4) is 0 Å². The first kappa shape index (κ1) is 15.1. The number of halogens is 1. The van der Waals surface area contributed by atoms with Crippen LogP contribution in [0.2, 0.25) is 0 Å². The zero-order valence-corrected chi connectivity index (χ0v) is 12.1. The van der Waals surface area contributed by atoms with E-state index in [1.807, 2.05) is 13.0 Å². The molecule has 1 aromatic carbocycles. The highest BCUT2D eigenvalue weighted by Gasteiger charge is 2.31. The maximum Gasteiger partial charge on any atom is 0.123 e. The topological polar surface area (TPSA) is 29.3 Å². The number of rotatable bonds is 5. The first-order valence-corrected chi connectivity index (χ1v) is 6.53. The van der Waals surface area contributed by atoms with Crippen LogP contribution in [0.3, 0.4) is 0 Å². The minimum absolute atomic E-state index is 0.0237. The van der Waals surface area contributed by atoms with Crippen LogP contribution in [0.15, 0.2) is 24.3 Å². The Bertz CT molecular complexity index is 388. The summed E-state index contributed by atoms with van der Waals surface area (Å²) < 4.78 is 13.4. The zero-order chi connectivity index (χ0) is 13.9.